The summed E-state index contributed by atoms with van der Waals surface area (Å²) in [5.74, 6) is 0. The monoisotopic (exact) mass is 247 g/mol. The Kier molecular flexibility index (Phi) is 3.54. The van der Waals surface area contributed by atoms with Crippen molar-refractivity contribution >= 4 is 11.3 Å². The molecule has 2 rings (SSSR count). The summed E-state index contributed by atoms with van der Waals surface area (Å²) in [5.41, 5.74) is 3.69. The smallest absolute Gasteiger partial charge is 0.148 e. The van der Waals surface area contributed by atoms with Gasteiger partial charge in [0.15, 0.2) is 0 Å². The molecule has 4 heteroatoms. The van der Waals surface area contributed by atoms with Crippen LogP contribution in [0.25, 0.3) is 10.6 Å². The van der Waals surface area contributed by atoms with Crippen LogP contribution >= 0.6 is 11.3 Å². The number of nitrogens with one attached hydrogen (secondary N) is 1. The van der Waals surface area contributed by atoms with Crippen LogP contribution in [0.5, 0.6) is 0 Å². The van der Waals surface area contributed by atoms with Crippen molar-refractivity contribution in [2.75, 3.05) is 7.05 Å². The first-order valence-electron chi connectivity index (χ1n) is 5.70. The van der Waals surface area contributed by atoms with Crippen LogP contribution in [0.15, 0.2) is 18.2 Å². The average molecular weight is 247 g/mol. The Bertz CT molecular complexity index is 519. The van der Waals surface area contributed by atoms with E-state index in [-0.39, 0.29) is 6.04 Å². The van der Waals surface area contributed by atoms with Crippen molar-refractivity contribution in [1.82, 2.24) is 15.5 Å². The Morgan fingerprint density at radius 2 is 2.00 bits per heavy atom. The Morgan fingerprint density at radius 1 is 1.24 bits per heavy atom. The molecule has 17 heavy (non-hydrogen) atoms. The largest absolute Gasteiger partial charge is 0.311 e. The third kappa shape index (κ3) is 2.53. The molecule has 1 atom stereocenters. The fourth-order valence-corrected chi connectivity index (χ4v) is 2.59. The lowest BCUT2D eigenvalue weighted by Gasteiger charge is -2.04. The summed E-state index contributed by atoms with van der Waals surface area (Å²) in [6, 6.07) is 6.68. The number of nitrogens with zero attached hydrogens (tertiary/aromatic N) is 2. The van der Waals surface area contributed by atoms with E-state index in [1.54, 1.807) is 11.3 Å². The van der Waals surface area contributed by atoms with Crippen LogP contribution < -0.4 is 5.32 Å². The summed E-state index contributed by atoms with van der Waals surface area (Å²) in [5, 5.41) is 13.7. The highest BCUT2D eigenvalue weighted by Crippen LogP contribution is 2.29. The lowest BCUT2D eigenvalue weighted by molar-refractivity contribution is 0.640. The molecule has 1 aromatic carbocycles. The van der Waals surface area contributed by atoms with E-state index in [1.807, 2.05) is 7.05 Å². The molecule has 90 valence electrons. The van der Waals surface area contributed by atoms with E-state index in [4.69, 9.17) is 0 Å². The van der Waals surface area contributed by atoms with Gasteiger partial charge in [-0.05, 0) is 39.4 Å². The first kappa shape index (κ1) is 12.2. The fraction of sp³-hybridized carbons (Fsp3) is 0.385. The molecular weight excluding hydrogens is 230 g/mol. The molecule has 0 saturated carbocycles. The minimum atomic E-state index is 0.256. The molecular formula is C13H17N3S. The van der Waals surface area contributed by atoms with Gasteiger partial charge in [-0.25, -0.2) is 0 Å². The number of rotatable bonds is 3. The van der Waals surface area contributed by atoms with Crippen LogP contribution in [0.4, 0.5) is 0 Å². The lowest BCUT2D eigenvalue weighted by Crippen LogP contribution is -2.11. The third-order valence-electron chi connectivity index (χ3n) is 2.87. The number of hydrogen-bond donors (Lipinski definition) is 1. The van der Waals surface area contributed by atoms with Crippen LogP contribution in [0.1, 0.15) is 29.1 Å². The molecule has 3 nitrogen and oxygen atoms in total. The van der Waals surface area contributed by atoms with Crippen molar-refractivity contribution in [3.63, 3.8) is 0 Å². The molecule has 0 bridgehead atoms. The Balaban J connectivity index is 2.40. The predicted molar refractivity (Wildman–Crippen MR) is 72.3 cm³/mol. The van der Waals surface area contributed by atoms with Gasteiger partial charge in [-0.3, -0.25) is 0 Å². The molecule has 0 radical (unpaired) electrons. The summed E-state index contributed by atoms with van der Waals surface area (Å²) in [4.78, 5) is 0. The van der Waals surface area contributed by atoms with E-state index in [0.29, 0.717) is 0 Å². The third-order valence-corrected chi connectivity index (χ3v) is 4.01. The average Bonchev–Trinajstić information content (AvgIpc) is 2.80. The molecule has 0 aliphatic carbocycles. The van der Waals surface area contributed by atoms with Gasteiger partial charge >= 0.3 is 0 Å². The summed E-state index contributed by atoms with van der Waals surface area (Å²) >= 11 is 1.66. The summed E-state index contributed by atoms with van der Waals surface area (Å²) in [6.45, 7) is 6.30. The molecule has 1 aromatic heterocycles. The van der Waals surface area contributed by atoms with Gasteiger partial charge in [-0.2, -0.15) is 0 Å². The van der Waals surface area contributed by atoms with Gasteiger partial charge in [0, 0.05) is 5.56 Å². The van der Waals surface area contributed by atoms with Crippen LogP contribution in [0.3, 0.4) is 0 Å². The zero-order valence-electron chi connectivity index (χ0n) is 10.6. The maximum absolute atomic E-state index is 4.29. The summed E-state index contributed by atoms with van der Waals surface area (Å²) in [7, 11) is 1.93. The minimum absolute atomic E-state index is 0.256. The first-order chi connectivity index (χ1) is 8.11. The maximum atomic E-state index is 4.29. The molecule has 0 aliphatic rings. The molecule has 0 spiro atoms. The normalized spacial score (nSPS) is 12.7. The Morgan fingerprint density at radius 3 is 2.71 bits per heavy atom. The van der Waals surface area contributed by atoms with Crippen LogP contribution in [0.2, 0.25) is 0 Å². The van der Waals surface area contributed by atoms with E-state index < -0.39 is 0 Å². The van der Waals surface area contributed by atoms with Crippen molar-refractivity contribution < 1.29 is 0 Å². The van der Waals surface area contributed by atoms with Crippen LogP contribution in [0, 0.1) is 13.8 Å². The summed E-state index contributed by atoms with van der Waals surface area (Å²) in [6.07, 6.45) is 0. The Hall–Kier alpha value is -1.26. The van der Waals surface area contributed by atoms with E-state index in [2.05, 4.69) is 54.5 Å². The second-order valence-electron chi connectivity index (χ2n) is 4.27. The molecule has 2 aromatic rings. The number of hydrogen-bond acceptors (Lipinski definition) is 4. The SMILES string of the molecule is CNC(C)c1nnc(-c2cc(C)ccc2C)s1. The number of aryl methyl sites for hydroxylation is 2. The highest BCUT2D eigenvalue weighted by atomic mass is 32.1. The molecule has 1 heterocycles. The van der Waals surface area contributed by atoms with E-state index in [9.17, 15) is 0 Å². The van der Waals surface area contributed by atoms with Crippen molar-refractivity contribution in [2.24, 2.45) is 0 Å². The van der Waals surface area contributed by atoms with Gasteiger partial charge in [0.25, 0.3) is 0 Å². The van der Waals surface area contributed by atoms with Crippen molar-refractivity contribution in [3.8, 4) is 10.6 Å². The van der Waals surface area contributed by atoms with E-state index in [1.165, 1.54) is 16.7 Å². The van der Waals surface area contributed by atoms with Crippen molar-refractivity contribution in [1.29, 1.82) is 0 Å². The number of benzene rings is 1. The predicted octanol–water partition coefficient (Wildman–Crippen LogP) is 3.10. The van der Waals surface area contributed by atoms with E-state index >= 15 is 0 Å². The summed E-state index contributed by atoms with van der Waals surface area (Å²) < 4.78 is 0. The van der Waals surface area contributed by atoms with E-state index in [0.717, 1.165) is 10.0 Å². The van der Waals surface area contributed by atoms with Gasteiger partial charge in [-0.1, -0.05) is 29.0 Å². The second kappa shape index (κ2) is 4.94. The minimum Gasteiger partial charge on any atom is -0.311 e. The second-order valence-corrected chi connectivity index (χ2v) is 5.28. The molecule has 1 N–H and O–H groups in total. The molecule has 1 unspecified atom stereocenters. The zero-order chi connectivity index (χ0) is 12.4. The van der Waals surface area contributed by atoms with Crippen molar-refractivity contribution in [2.45, 2.75) is 26.8 Å². The quantitative estimate of drug-likeness (QED) is 0.905. The molecule has 0 saturated heterocycles. The first-order valence-corrected chi connectivity index (χ1v) is 6.51. The van der Waals surface area contributed by atoms with Crippen molar-refractivity contribution in [3.05, 3.63) is 34.3 Å². The van der Waals surface area contributed by atoms with Gasteiger partial charge < -0.3 is 5.32 Å². The molecule has 0 aliphatic heterocycles. The highest BCUT2D eigenvalue weighted by molar-refractivity contribution is 7.14. The van der Waals surface area contributed by atoms with Gasteiger partial charge in [0.05, 0.1) is 6.04 Å². The van der Waals surface area contributed by atoms with Gasteiger partial charge in [-0.15, -0.1) is 10.2 Å². The standard InChI is InChI=1S/C13H17N3S/c1-8-5-6-9(2)11(7-8)13-16-15-12(17-13)10(3)14-4/h5-7,10,14H,1-4H3. The van der Waals surface area contributed by atoms with Gasteiger partial charge in [0.2, 0.25) is 0 Å². The maximum Gasteiger partial charge on any atom is 0.148 e. The molecule has 0 fully saturated rings. The van der Waals surface area contributed by atoms with Crippen LogP contribution in [-0.2, 0) is 0 Å². The fourth-order valence-electron chi connectivity index (χ4n) is 1.61. The Labute approximate surface area is 106 Å². The van der Waals surface area contributed by atoms with Crippen LogP contribution in [-0.4, -0.2) is 17.2 Å². The highest BCUT2D eigenvalue weighted by Gasteiger charge is 2.12. The van der Waals surface area contributed by atoms with Gasteiger partial charge in [0.1, 0.15) is 10.0 Å². The lowest BCUT2D eigenvalue weighted by atomic mass is 10.1. The molecule has 0 amide bonds. The topological polar surface area (TPSA) is 37.8 Å². The zero-order valence-corrected chi connectivity index (χ0v) is 11.4. The number of aromatic nitrogens is 2.